The highest BCUT2D eigenvalue weighted by Crippen LogP contribution is 2.49. The summed E-state index contributed by atoms with van der Waals surface area (Å²) in [6.07, 6.45) is 2.82. The second-order valence-electron chi connectivity index (χ2n) is 4.33. The quantitative estimate of drug-likeness (QED) is 0.692. The van der Waals surface area contributed by atoms with Gasteiger partial charge >= 0.3 is 0 Å². The minimum Gasteiger partial charge on any atom is -0.340 e. The normalized spacial score (nSPS) is 24.5. The van der Waals surface area contributed by atoms with E-state index < -0.39 is 0 Å². The van der Waals surface area contributed by atoms with Crippen LogP contribution < -0.4 is 5.32 Å². The Balaban J connectivity index is 1.90. The Morgan fingerprint density at radius 2 is 2.36 bits per heavy atom. The summed E-state index contributed by atoms with van der Waals surface area (Å²) in [5, 5.41) is 11.7. The summed E-state index contributed by atoms with van der Waals surface area (Å²) in [7, 11) is 0. The molecule has 2 aliphatic rings. The van der Waals surface area contributed by atoms with Crippen LogP contribution in [0.1, 0.15) is 19.3 Å². The molecule has 1 heterocycles. The molecule has 0 aromatic carbocycles. The zero-order valence-electron chi connectivity index (χ0n) is 8.25. The lowest BCUT2D eigenvalue weighted by Crippen LogP contribution is -2.49. The lowest BCUT2D eigenvalue weighted by Gasteiger charge is -2.30. The molecule has 0 radical (unpaired) electrons. The number of nitrogens with one attached hydrogen (secondary N) is 1. The fraction of sp³-hybridized carbons (Fsp3) is 0.800. The first-order valence-electron chi connectivity index (χ1n) is 5.11. The molecule has 0 spiro atoms. The molecule has 0 aromatic heterocycles. The Kier molecular flexibility index (Phi) is 2.42. The molecule has 0 unspecified atom stereocenters. The molecule has 1 aliphatic heterocycles. The monoisotopic (exact) mass is 193 g/mol. The van der Waals surface area contributed by atoms with Gasteiger partial charge in [0.1, 0.15) is 0 Å². The molecule has 2 rings (SSSR count). The Morgan fingerprint density at radius 1 is 1.57 bits per heavy atom. The van der Waals surface area contributed by atoms with Crippen LogP contribution in [0, 0.1) is 16.7 Å². The van der Waals surface area contributed by atoms with E-state index in [9.17, 15) is 4.79 Å². The Labute approximate surface area is 83.9 Å². The zero-order chi connectivity index (χ0) is 10.0. The van der Waals surface area contributed by atoms with Crippen molar-refractivity contribution in [3.8, 4) is 6.07 Å². The molecular formula is C10H15N3O. The fourth-order valence-electron chi connectivity index (χ4n) is 1.95. The molecule has 0 atom stereocenters. The van der Waals surface area contributed by atoms with Crippen molar-refractivity contribution in [2.24, 2.45) is 5.41 Å². The van der Waals surface area contributed by atoms with Gasteiger partial charge in [-0.2, -0.15) is 5.26 Å². The van der Waals surface area contributed by atoms with Gasteiger partial charge in [0.25, 0.3) is 0 Å². The van der Waals surface area contributed by atoms with E-state index >= 15 is 0 Å². The number of hydrogen-bond donors (Lipinski definition) is 1. The van der Waals surface area contributed by atoms with Gasteiger partial charge in [-0.05, 0) is 12.8 Å². The van der Waals surface area contributed by atoms with Crippen LogP contribution in [-0.2, 0) is 4.79 Å². The highest BCUT2D eigenvalue weighted by molar-refractivity contribution is 5.79. The average molecular weight is 193 g/mol. The van der Waals surface area contributed by atoms with E-state index in [0.29, 0.717) is 13.0 Å². The Morgan fingerprint density at radius 3 is 2.93 bits per heavy atom. The summed E-state index contributed by atoms with van der Waals surface area (Å²) in [5.41, 5.74) is 0.155. The minimum absolute atomic E-state index is 0.155. The van der Waals surface area contributed by atoms with E-state index in [-0.39, 0.29) is 11.3 Å². The van der Waals surface area contributed by atoms with Crippen molar-refractivity contribution in [1.29, 1.82) is 5.26 Å². The van der Waals surface area contributed by atoms with E-state index in [2.05, 4.69) is 11.4 Å². The molecule has 4 heteroatoms. The third-order valence-corrected chi connectivity index (χ3v) is 3.12. The van der Waals surface area contributed by atoms with Crippen molar-refractivity contribution in [1.82, 2.24) is 10.2 Å². The van der Waals surface area contributed by atoms with E-state index in [1.54, 1.807) is 0 Å². The Hall–Kier alpha value is -1.08. The third kappa shape index (κ3) is 1.88. The first-order chi connectivity index (χ1) is 6.76. The molecule has 4 nitrogen and oxygen atoms in total. The molecule has 1 saturated carbocycles. The van der Waals surface area contributed by atoms with Gasteiger partial charge in [-0.3, -0.25) is 4.79 Å². The van der Waals surface area contributed by atoms with Crippen LogP contribution in [-0.4, -0.2) is 37.0 Å². The van der Waals surface area contributed by atoms with Crippen molar-refractivity contribution in [2.45, 2.75) is 19.3 Å². The van der Waals surface area contributed by atoms with Crippen molar-refractivity contribution >= 4 is 5.91 Å². The zero-order valence-corrected chi connectivity index (χ0v) is 8.25. The summed E-state index contributed by atoms with van der Waals surface area (Å²) in [5.74, 6) is 0.181. The van der Waals surface area contributed by atoms with Crippen LogP contribution >= 0.6 is 0 Å². The van der Waals surface area contributed by atoms with Crippen molar-refractivity contribution in [3.63, 3.8) is 0 Å². The van der Waals surface area contributed by atoms with Gasteiger partial charge in [-0.25, -0.2) is 0 Å². The summed E-state index contributed by atoms with van der Waals surface area (Å²) in [4.78, 5) is 13.4. The van der Waals surface area contributed by atoms with Crippen LogP contribution in [0.2, 0.25) is 0 Å². The van der Waals surface area contributed by atoms with Crippen LogP contribution in [0.4, 0.5) is 0 Å². The number of piperazine rings is 1. The number of amides is 1. The largest absolute Gasteiger partial charge is 0.340 e. The predicted molar refractivity (Wildman–Crippen MR) is 51.3 cm³/mol. The maximum atomic E-state index is 11.5. The number of rotatable bonds is 3. The predicted octanol–water partition coefficient (Wildman–Crippen LogP) is 0.112. The fourth-order valence-corrected chi connectivity index (χ4v) is 1.95. The number of nitriles is 1. The molecule has 1 aliphatic carbocycles. The van der Waals surface area contributed by atoms with Crippen molar-refractivity contribution < 1.29 is 4.79 Å². The van der Waals surface area contributed by atoms with E-state index in [0.717, 1.165) is 32.5 Å². The molecule has 2 fully saturated rings. The van der Waals surface area contributed by atoms with E-state index in [1.165, 1.54) is 0 Å². The van der Waals surface area contributed by atoms with Gasteiger partial charge in [0, 0.05) is 31.5 Å². The summed E-state index contributed by atoms with van der Waals surface area (Å²) in [6, 6.07) is 2.22. The number of hydrogen-bond acceptors (Lipinski definition) is 3. The highest BCUT2D eigenvalue weighted by Gasteiger charge is 2.44. The first kappa shape index (κ1) is 9.47. The second kappa shape index (κ2) is 3.58. The van der Waals surface area contributed by atoms with Crippen LogP contribution in [0.5, 0.6) is 0 Å². The van der Waals surface area contributed by atoms with E-state index in [1.807, 2.05) is 4.90 Å². The summed E-state index contributed by atoms with van der Waals surface area (Å²) >= 11 is 0. The molecule has 1 saturated heterocycles. The standard InChI is InChI=1S/C10H15N3O/c11-4-3-10(1-2-10)8-13-6-5-12-7-9(13)14/h12H,1-3,5-8H2. The molecule has 1 amide bonds. The van der Waals surface area contributed by atoms with E-state index in [4.69, 9.17) is 5.26 Å². The lowest BCUT2D eigenvalue weighted by molar-refractivity contribution is -0.132. The molecular weight excluding hydrogens is 178 g/mol. The highest BCUT2D eigenvalue weighted by atomic mass is 16.2. The maximum Gasteiger partial charge on any atom is 0.236 e. The smallest absolute Gasteiger partial charge is 0.236 e. The van der Waals surface area contributed by atoms with Crippen LogP contribution in [0.3, 0.4) is 0 Å². The van der Waals surface area contributed by atoms with Gasteiger partial charge in [-0.15, -0.1) is 0 Å². The van der Waals surface area contributed by atoms with Gasteiger partial charge < -0.3 is 10.2 Å². The van der Waals surface area contributed by atoms with Gasteiger partial charge in [0.2, 0.25) is 5.91 Å². The van der Waals surface area contributed by atoms with Crippen molar-refractivity contribution in [3.05, 3.63) is 0 Å². The molecule has 0 bridgehead atoms. The van der Waals surface area contributed by atoms with Crippen LogP contribution in [0.15, 0.2) is 0 Å². The average Bonchev–Trinajstić information content (AvgIpc) is 2.90. The van der Waals surface area contributed by atoms with Crippen molar-refractivity contribution in [2.75, 3.05) is 26.2 Å². The number of nitrogens with zero attached hydrogens (tertiary/aromatic N) is 2. The topological polar surface area (TPSA) is 56.1 Å². The second-order valence-corrected chi connectivity index (χ2v) is 4.33. The van der Waals surface area contributed by atoms with Crippen LogP contribution in [0.25, 0.3) is 0 Å². The Bertz CT molecular complexity index is 278. The van der Waals surface area contributed by atoms with Gasteiger partial charge in [0.15, 0.2) is 0 Å². The number of carbonyl (C=O) groups excluding carboxylic acids is 1. The third-order valence-electron chi connectivity index (χ3n) is 3.12. The minimum atomic E-state index is 0.155. The van der Waals surface area contributed by atoms with Gasteiger partial charge in [-0.1, -0.05) is 0 Å². The lowest BCUT2D eigenvalue weighted by atomic mass is 10.0. The molecule has 0 aromatic rings. The summed E-state index contributed by atoms with van der Waals surface area (Å²) in [6.45, 7) is 2.93. The first-order valence-corrected chi connectivity index (χ1v) is 5.11. The molecule has 1 N–H and O–H groups in total. The number of carbonyl (C=O) groups is 1. The maximum absolute atomic E-state index is 11.5. The molecule has 14 heavy (non-hydrogen) atoms. The van der Waals surface area contributed by atoms with Gasteiger partial charge in [0.05, 0.1) is 12.6 Å². The molecule has 76 valence electrons. The SMILES string of the molecule is N#CCC1(CN2CCNCC2=O)CC1. The summed E-state index contributed by atoms with van der Waals surface area (Å²) < 4.78 is 0.